The second-order valence-electron chi connectivity index (χ2n) is 10.5. The van der Waals surface area contributed by atoms with Gasteiger partial charge in [0.05, 0.1) is 23.6 Å². The van der Waals surface area contributed by atoms with Crippen LogP contribution in [-0.2, 0) is 23.5 Å². The molecule has 0 aromatic heterocycles. The van der Waals surface area contributed by atoms with Gasteiger partial charge in [-0.15, -0.1) is 0 Å². The van der Waals surface area contributed by atoms with Crippen molar-refractivity contribution in [3.8, 4) is 0 Å². The fourth-order valence-corrected chi connectivity index (χ4v) is 6.29. The van der Waals surface area contributed by atoms with Gasteiger partial charge in [-0.1, -0.05) is 46.1 Å². The molecule has 3 amide bonds. The maximum atomic E-state index is 13.5. The molecule has 0 aromatic rings. The van der Waals surface area contributed by atoms with Crippen molar-refractivity contribution >= 4 is 33.1 Å². The Kier molecular flexibility index (Phi) is 9.72. The first-order valence-electron chi connectivity index (χ1n) is 12.2. The molecule has 2 rings (SSSR count). The van der Waals surface area contributed by atoms with Crippen LogP contribution in [-0.4, -0.2) is 80.6 Å². The first kappa shape index (κ1) is 30.1. The van der Waals surface area contributed by atoms with Crippen molar-refractivity contribution in [1.29, 1.82) is 0 Å². The van der Waals surface area contributed by atoms with Gasteiger partial charge < -0.3 is 34.5 Å². The lowest BCUT2D eigenvalue weighted by molar-refractivity contribution is -0.180. The largest absolute Gasteiger partial charge is 0.477 e. The number of hydrogen-bond acceptors (Lipinski definition) is 7. The maximum Gasteiger partial charge on any atom is 0.407 e. The van der Waals surface area contributed by atoms with Gasteiger partial charge >= 0.3 is 18.2 Å². The summed E-state index contributed by atoms with van der Waals surface area (Å²) in [7, 11) is -1.58. The molecule has 3 N–H and O–H groups in total. The minimum Gasteiger partial charge on any atom is -0.477 e. The third-order valence-electron chi connectivity index (χ3n) is 6.79. The monoisotopic (exact) mass is 537 g/mol. The predicted octanol–water partition coefficient (Wildman–Crippen LogP) is 2.55. The van der Waals surface area contributed by atoms with Crippen LogP contribution in [0.4, 0.5) is 9.59 Å². The lowest BCUT2D eigenvalue weighted by Gasteiger charge is -2.57. The average molecular weight is 538 g/mol. The van der Waals surface area contributed by atoms with Crippen molar-refractivity contribution in [2.24, 2.45) is 11.3 Å². The van der Waals surface area contributed by atoms with Crippen LogP contribution in [0.15, 0.2) is 36.6 Å². The van der Waals surface area contributed by atoms with E-state index in [0.29, 0.717) is 5.57 Å². The highest BCUT2D eigenvalue weighted by molar-refractivity contribution is 6.48. The summed E-state index contributed by atoms with van der Waals surface area (Å²) in [5, 5.41) is 15.2. The normalized spacial score (nSPS) is 21.4. The SMILES string of the molecule is C=CCOC(=O)NC[C@@H](NC(=O)OCC=C)C1=C(C(=O)O)N2C(=O)[C@H]([C@@](C)(O[SiH](C)C)C(C)(C)C)[C@H]2C1. The molecule has 4 atom stereocenters. The summed E-state index contributed by atoms with van der Waals surface area (Å²) >= 11 is 0. The van der Waals surface area contributed by atoms with Crippen molar-refractivity contribution in [2.45, 2.75) is 64.9 Å². The van der Waals surface area contributed by atoms with Crippen LogP contribution in [0.1, 0.15) is 34.1 Å². The van der Waals surface area contributed by atoms with E-state index in [2.05, 4.69) is 23.8 Å². The van der Waals surface area contributed by atoms with Crippen LogP contribution < -0.4 is 10.6 Å². The molecule has 206 valence electrons. The van der Waals surface area contributed by atoms with E-state index in [4.69, 9.17) is 13.9 Å². The number of rotatable bonds is 12. The summed E-state index contributed by atoms with van der Waals surface area (Å²) in [6.45, 7) is 18.7. The number of carbonyl (C=O) groups is 4. The van der Waals surface area contributed by atoms with Crippen molar-refractivity contribution in [2.75, 3.05) is 19.8 Å². The van der Waals surface area contributed by atoms with Gasteiger partial charge in [-0.2, -0.15) is 0 Å². The minimum absolute atomic E-state index is 0.0229. The van der Waals surface area contributed by atoms with E-state index in [9.17, 15) is 24.3 Å². The maximum absolute atomic E-state index is 13.5. The molecule has 0 aliphatic carbocycles. The second-order valence-corrected chi connectivity index (χ2v) is 12.8. The van der Waals surface area contributed by atoms with E-state index >= 15 is 0 Å². The number of amides is 3. The van der Waals surface area contributed by atoms with Gasteiger partial charge in [-0.25, -0.2) is 14.4 Å². The van der Waals surface area contributed by atoms with Crippen molar-refractivity contribution in [3.63, 3.8) is 0 Å². The highest BCUT2D eigenvalue weighted by Crippen LogP contribution is 2.53. The molecule has 37 heavy (non-hydrogen) atoms. The predicted molar refractivity (Wildman–Crippen MR) is 139 cm³/mol. The van der Waals surface area contributed by atoms with E-state index in [-0.39, 0.29) is 37.8 Å². The topological polar surface area (TPSA) is 144 Å². The summed E-state index contributed by atoms with van der Waals surface area (Å²) in [6.07, 6.45) is 1.37. The third kappa shape index (κ3) is 6.42. The van der Waals surface area contributed by atoms with E-state index in [1.54, 1.807) is 0 Å². The summed E-state index contributed by atoms with van der Waals surface area (Å²) in [6, 6.07) is -1.44. The Hall–Kier alpha value is -3.12. The zero-order valence-electron chi connectivity index (χ0n) is 22.5. The number of aliphatic carboxylic acids is 1. The van der Waals surface area contributed by atoms with Crippen LogP contribution in [0.3, 0.4) is 0 Å². The first-order valence-corrected chi connectivity index (χ1v) is 15.0. The lowest BCUT2D eigenvalue weighted by Crippen LogP contribution is -2.70. The summed E-state index contributed by atoms with van der Waals surface area (Å²) in [4.78, 5) is 51.5. The quantitative estimate of drug-likeness (QED) is 0.196. The van der Waals surface area contributed by atoms with Gasteiger partial charge in [0.15, 0.2) is 9.04 Å². The number of carboxylic acids is 1. The summed E-state index contributed by atoms with van der Waals surface area (Å²) in [5.74, 6) is -2.22. The molecule has 0 radical (unpaired) electrons. The Balaban J connectivity index is 2.42. The molecule has 0 unspecified atom stereocenters. The molecule has 2 aliphatic heterocycles. The van der Waals surface area contributed by atoms with Gasteiger partial charge in [0, 0.05) is 6.54 Å². The Labute approximate surface area is 219 Å². The smallest absolute Gasteiger partial charge is 0.407 e. The molecule has 0 spiro atoms. The second kappa shape index (κ2) is 11.9. The first-order chi connectivity index (χ1) is 17.2. The minimum atomic E-state index is -1.58. The molecular formula is C25H39N3O8Si. The molecule has 0 saturated carbocycles. The Morgan fingerprint density at radius 1 is 1.14 bits per heavy atom. The number of fused-ring (bicyclic) bond motifs is 1. The summed E-state index contributed by atoms with van der Waals surface area (Å²) < 4.78 is 16.4. The van der Waals surface area contributed by atoms with E-state index in [1.165, 1.54) is 17.1 Å². The van der Waals surface area contributed by atoms with Crippen molar-refractivity contribution in [1.82, 2.24) is 15.5 Å². The standard InChI is InChI=1S/C25H39N3O8Si/c1-9-11-34-22(32)26-14-16(27-23(33)35-12-10-2)15-13-17-18(20(29)28(17)19(15)21(30)31)25(6,24(3,4)5)36-37(7)8/h9-10,16-18,37H,1-2,11-14H2,3-8H3,(H,26,32)(H,27,33)(H,30,31)/t16-,17-,18-,25-/m1/s1. The fourth-order valence-electron chi connectivity index (χ4n) is 4.81. The van der Waals surface area contributed by atoms with Gasteiger partial charge in [-0.05, 0) is 37.4 Å². The number of carboxylic acid groups (broad SMARTS) is 1. The average Bonchev–Trinajstić information content (AvgIpc) is 3.12. The van der Waals surface area contributed by atoms with Crippen LogP contribution in [0.25, 0.3) is 0 Å². The highest BCUT2D eigenvalue weighted by Gasteiger charge is 2.65. The number of nitrogens with one attached hydrogen (secondary N) is 2. The van der Waals surface area contributed by atoms with E-state index < -0.39 is 56.2 Å². The molecule has 11 nitrogen and oxygen atoms in total. The molecule has 0 bridgehead atoms. The van der Waals surface area contributed by atoms with Crippen LogP contribution in [0.2, 0.25) is 13.1 Å². The van der Waals surface area contributed by atoms with Crippen LogP contribution in [0.5, 0.6) is 0 Å². The number of β-lactam (4-membered cyclic amide) rings is 1. The van der Waals surface area contributed by atoms with Gasteiger partial charge in [0.1, 0.15) is 18.9 Å². The molecule has 1 saturated heterocycles. The van der Waals surface area contributed by atoms with Gasteiger partial charge in [0.2, 0.25) is 5.91 Å². The number of nitrogens with zero attached hydrogens (tertiary/aromatic N) is 1. The zero-order valence-corrected chi connectivity index (χ0v) is 23.6. The van der Waals surface area contributed by atoms with Crippen LogP contribution >= 0.6 is 0 Å². The number of alkyl carbamates (subject to hydrolysis) is 2. The molecule has 0 aromatic carbocycles. The Morgan fingerprint density at radius 2 is 1.70 bits per heavy atom. The molecule has 2 aliphatic rings. The lowest BCUT2D eigenvalue weighted by atomic mass is 9.63. The fraction of sp³-hybridized carbons (Fsp3) is 0.600. The van der Waals surface area contributed by atoms with E-state index in [1.807, 2.05) is 40.8 Å². The molecule has 2 heterocycles. The van der Waals surface area contributed by atoms with Crippen molar-refractivity contribution < 1.29 is 38.2 Å². The van der Waals surface area contributed by atoms with Crippen molar-refractivity contribution in [3.05, 3.63) is 36.6 Å². The van der Waals surface area contributed by atoms with Crippen LogP contribution in [0, 0.1) is 11.3 Å². The third-order valence-corrected chi connectivity index (χ3v) is 7.75. The molecule has 1 fully saturated rings. The van der Waals surface area contributed by atoms with E-state index in [0.717, 1.165) is 0 Å². The zero-order chi connectivity index (χ0) is 28.1. The number of ether oxygens (including phenoxy) is 2. The van der Waals surface area contributed by atoms with Gasteiger partial charge in [-0.3, -0.25) is 4.79 Å². The number of hydrogen-bond donors (Lipinski definition) is 3. The number of carbonyl (C=O) groups excluding carboxylic acids is 3. The highest BCUT2D eigenvalue weighted by atomic mass is 28.3. The Morgan fingerprint density at radius 3 is 2.19 bits per heavy atom. The van der Waals surface area contributed by atoms with Gasteiger partial charge in [0.25, 0.3) is 0 Å². The summed E-state index contributed by atoms with van der Waals surface area (Å²) in [5.41, 5.74) is -1.15. The molecule has 12 heteroatoms. The Bertz CT molecular complexity index is 973. The molecular weight excluding hydrogens is 498 g/mol.